The largest absolute Gasteiger partial charge is 0.444 e. The number of carbonyl (C=O) groups excluding carboxylic acids is 2. The molecule has 8 nitrogen and oxygen atoms in total. The second-order valence-corrected chi connectivity index (χ2v) is 6.56. The van der Waals surface area contributed by atoms with Crippen molar-refractivity contribution in [1.29, 1.82) is 0 Å². The van der Waals surface area contributed by atoms with Gasteiger partial charge < -0.3 is 14.5 Å². The van der Waals surface area contributed by atoms with E-state index in [4.69, 9.17) is 4.74 Å². The molecular weight excluding hydrogens is 374 g/mol. The van der Waals surface area contributed by atoms with Crippen LogP contribution >= 0.6 is 0 Å². The van der Waals surface area contributed by atoms with Crippen LogP contribution in [0.15, 0.2) is 48.5 Å². The molecule has 2 rings (SSSR count). The Hall–Kier alpha value is -3.42. The molecule has 2 aromatic rings. The summed E-state index contributed by atoms with van der Waals surface area (Å²) in [6, 6.07) is 12.8. The lowest BCUT2D eigenvalue weighted by atomic mass is 10.1. The molecular formula is C21H25N3O5. The Morgan fingerprint density at radius 1 is 1.07 bits per heavy atom. The average Bonchev–Trinajstić information content (AvgIpc) is 2.72. The first-order valence-electron chi connectivity index (χ1n) is 9.30. The van der Waals surface area contributed by atoms with E-state index in [-0.39, 0.29) is 17.2 Å². The number of carbonyl (C=O) groups is 2. The van der Waals surface area contributed by atoms with E-state index in [0.29, 0.717) is 24.3 Å². The zero-order valence-electron chi connectivity index (χ0n) is 17.0. The number of amides is 1. The van der Waals surface area contributed by atoms with Crippen LogP contribution in [0, 0.1) is 10.1 Å². The van der Waals surface area contributed by atoms with Crippen LogP contribution in [0.2, 0.25) is 0 Å². The monoisotopic (exact) mass is 399 g/mol. The maximum atomic E-state index is 12.9. The van der Waals surface area contributed by atoms with E-state index < -0.39 is 17.0 Å². The number of esters is 1. The van der Waals surface area contributed by atoms with Crippen LogP contribution in [0.5, 0.6) is 0 Å². The molecule has 0 aliphatic heterocycles. The molecule has 0 radical (unpaired) electrons. The number of hydrogen-bond donors (Lipinski definition) is 0. The normalized spacial score (nSPS) is 11.4. The number of nitro benzene ring substituents is 1. The third-order valence-corrected chi connectivity index (χ3v) is 4.52. The first kappa shape index (κ1) is 21.9. The van der Waals surface area contributed by atoms with E-state index in [2.05, 4.69) is 0 Å². The summed E-state index contributed by atoms with van der Waals surface area (Å²) in [5.74, 6) is -1.14. The molecule has 29 heavy (non-hydrogen) atoms. The summed E-state index contributed by atoms with van der Waals surface area (Å²) >= 11 is 0. The van der Waals surface area contributed by atoms with E-state index in [9.17, 15) is 19.7 Å². The Morgan fingerprint density at radius 2 is 1.69 bits per heavy atom. The van der Waals surface area contributed by atoms with Crippen molar-refractivity contribution in [2.24, 2.45) is 0 Å². The second kappa shape index (κ2) is 9.68. The van der Waals surface area contributed by atoms with Crippen molar-refractivity contribution in [1.82, 2.24) is 4.90 Å². The van der Waals surface area contributed by atoms with Crippen molar-refractivity contribution >= 4 is 23.3 Å². The molecule has 154 valence electrons. The van der Waals surface area contributed by atoms with Gasteiger partial charge in [0.05, 0.1) is 10.5 Å². The van der Waals surface area contributed by atoms with Crippen LogP contribution in [0.3, 0.4) is 0 Å². The summed E-state index contributed by atoms with van der Waals surface area (Å²) in [4.78, 5) is 39.7. The third kappa shape index (κ3) is 5.10. The van der Waals surface area contributed by atoms with Crippen LogP contribution in [0.4, 0.5) is 11.4 Å². The van der Waals surface area contributed by atoms with Gasteiger partial charge in [0.1, 0.15) is 5.69 Å². The molecule has 0 bridgehead atoms. The molecule has 0 fully saturated rings. The van der Waals surface area contributed by atoms with Gasteiger partial charge in [-0.25, -0.2) is 4.79 Å². The molecule has 1 atom stereocenters. The van der Waals surface area contributed by atoms with Gasteiger partial charge in [0.15, 0.2) is 0 Å². The summed E-state index contributed by atoms with van der Waals surface area (Å²) < 4.78 is 5.54. The highest BCUT2D eigenvalue weighted by atomic mass is 16.6. The number of hydrogen-bond acceptors (Lipinski definition) is 6. The van der Waals surface area contributed by atoms with Gasteiger partial charge in [-0.2, -0.15) is 0 Å². The van der Waals surface area contributed by atoms with Crippen LogP contribution in [-0.4, -0.2) is 48.9 Å². The first-order chi connectivity index (χ1) is 13.8. The Balaban J connectivity index is 2.38. The lowest BCUT2D eigenvalue weighted by Crippen LogP contribution is -2.36. The van der Waals surface area contributed by atoms with Crippen molar-refractivity contribution in [2.75, 3.05) is 32.1 Å². The number of anilines is 1. The van der Waals surface area contributed by atoms with Gasteiger partial charge in [-0.15, -0.1) is 0 Å². The number of rotatable bonds is 8. The number of nitro groups is 1. The molecule has 0 N–H and O–H groups in total. The lowest BCUT2D eigenvalue weighted by molar-refractivity contribution is -0.384. The fourth-order valence-corrected chi connectivity index (χ4v) is 2.94. The molecule has 8 heteroatoms. The third-order valence-electron chi connectivity index (χ3n) is 4.52. The van der Waals surface area contributed by atoms with Crippen LogP contribution in [0.1, 0.15) is 35.9 Å². The zero-order valence-corrected chi connectivity index (χ0v) is 17.0. The van der Waals surface area contributed by atoms with E-state index in [1.54, 1.807) is 54.2 Å². The van der Waals surface area contributed by atoms with Crippen LogP contribution in [-0.2, 0) is 9.53 Å². The van der Waals surface area contributed by atoms with Gasteiger partial charge in [0, 0.05) is 38.8 Å². The molecule has 0 saturated heterocycles. The van der Waals surface area contributed by atoms with Gasteiger partial charge >= 0.3 is 5.97 Å². The first-order valence-corrected chi connectivity index (χ1v) is 9.30. The SMILES string of the molecule is CCN(CC)C(=O)[C@H](OC(=O)c1ccc(N(C)C)c([N+](=O)[O-])c1)c1ccccc1. The van der Waals surface area contributed by atoms with E-state index in [1.807, 2.05) is 13.8 Å². The fraction of sp³-hybridized carbons (Fsp3) is 0.333. The van der Waals surface area contributed by atoms with Crippen LogP contribution < -0.4 is 4.90 Å². The van der Waals surface area contributed by atoms with Crippen molar-refractivity contribution < 1.29 is 19.2 Å². The molecule has 0 unspecified atom stereocenters. The summed E-state index contributed by atoms with van der Waals surface area (Å²) in [5, 5.41) is 11.4. The highest BCUT2D eigenvalue weighted by Gasteiger charge is 2.29. The predicted molar refractivity (Wildman–Crippen MR) is 110 cm³/mol. The molecule has 0 spiro atoms. The van der Waals surface area contributed by atoms with Crippen molar-refractivity contribution in [3.8, 4) is 0 Å². The maximum absolute atomic E-state index is 12.9. The molecule has 0 saturated carbocycles. The van der Waals surface area contributed by atoms with Crippen molar-refractivity contribution in [2.45, 2.75) is 20.0 Å². The van der Waals surface area contributed by atoms with E-state index >= 15 is 0 Å². The Bertz CT molecular complexity index is 879. The van der Waals surface area contributed by atoms with E-state index in [1.165, 1.54) is 18.2 Å². The summed E-state index contributed by atoms with van der Waals surface area (Å²) in [5.41, 5.74) is 0.703. The maximum Gasteiger partial charge on any atom is 0.339 e. The fourth-order valence-electron chi connectivity index (χ4n) is 2.94. The lowest BCUT2D eigenvalue weighted by Gasteiger charge is -2.25. The number of ether oxygens (including phenoxy) is 1. The minimum absolute atomic E-state index is 0.00979. The predicted octanol–water partition coefficient (Wildman–Crippen LogP) is 3.43. The number of benzene rings is 2. The smallest absolute Gasteiger partial charge is 0.339 e. The number of nitrogens with zero attached hydrogens (tertiary/aromatic N) is 3. The molecule has 0 aliphatic rings. The topological polar surface area (TPSA) is 93.0 Å². The average molecular weight is 399 g/mol. The van der Waals surface area contributed by atoms with Gasteiger partial charge in [-0.3, -0.25) is 14.9 Å². The quantitative estimate of drug-likeness (QED) is 0.384. The van der Waals surface area contributed by atoms with Crippen molar-refractivity contribution in [3.63, 3.8) is 0 Å². The van der Waals surface area contributed by atoms with Gasteiger partial charge in [0.2, 0.25) is 6.10 Å². The number of likely N-dealkylation sites (N-methyl/N-ethyl adjacent to an activating group) is 1. The molecule has 2 aromatic carbocycles. The summed E-state index contributed by atoms with van der Waals surface area (Å²) in [7, 11) is 3.35. The van der Waals surface area contributed by atoms with E-state index in [0.717, 1.165) is 0 Å². The highest BCUT2D eigenvalue weighted by molar-refractivity contribution is 5.94. The van der Waals surface area contributed by atoms with Gasteiger partial charge in [-0.05, 0) is 26.0 Å². The Labute approximate surface area is 169 Å². The highest BCUT2D eigenvalue weighted by Crippen LogP contribution is 2.29. The molecule has 0 aromatic heterocycles. The summed E-state index contributed by atoms with van der Waals surface area (Å²) in [6.45, 7) is 4.63. The molecule has 0 aliphatic carbocycles. The minimum Gasteiger partial charge on any atom is -0.444 e. The minimum atomic E-state index is -1.13. The zero-order chi connectivity index (χ0) is 21.6. The second-order valence-electron chi connectivity index (χ2n) is 6.56. The van der Waals surface area contributed by atoms with Crippen LogP contribution in [0.25, 0.3) is 0 Å². The standard InChI is InChI=1S/C21H25N3O5/c1-5-23(6-2)20(25)19(15-10-8-7-9-11-15)29-21(26)16-12-13-17(22(3)4)18(14-16)24(27)28/h7-14,19H,5-6H2,1-4H3/t19-/m1/s1. The Kier molecular flexibility index (Phi) is 7.30. The van der Waals surface area contributed by atoms with Crippen molar-refractivity contribution in [3.05, 3.63) is 69.8 Å². The van der Waals surface area contributed by atoms with Gasteiger partial charge in [-0.1, -0.05) is 30.3 Å². The Morgan fingerprint density at radius 3 is 2.21 bits per heavy atom. The molecule has 0 heterocycles. The molecule has 1 amide bonds. The summed E-state index contributed by atoms with van der Waals surface area (Å²) in [6.07, 6.45) is -1.13. The van der Waals surface area contributed by atoms with Gasteiger partial charge in [0.25, 0.3) is 11.6 Å².